The van der Waals surface area contributed by atoms with Crippen molar-refractivity contribution in [3.63, 3.8) is 0 Å². The van der Waals surface area contributed by atoms with E-state index < -0.39 is 37.6 Å². The number of halogens is 3. The lowest BCUT2D eigenvalue weighted by Gasteiger charge is -2.19. The number of carbonyl (C=O) groups is 1. The molecule has 0 saturated heterocycles. The fourth-order valence-corrected chi connectivity index (χ4v) is 7.58. The molecule has 4 aromatic rings. The SMILES string of the molecule is Cc1nn(C/C(F)=C/CN)c(C)c1Cc1ccc(S(=O)(=O)N(C)C)cc1.Cc1nn(C/C(F)=C/CNC(=O)OC(C)(C)C)c(C)c1Cc1ccc(S(=O)(=O)N(C)C)cc1.Cl. The molecular weight excluding hydrogens is 838 g/mol. The van der Waals surface area contributed by atoms with Crippen molar-refractivity contribution < 1.29 is 35.1 Å². The summed E-state index contributed by atoms with van der Waals surface area (Å²) in [6.07, 6.45) is 3.15. The molecule has 19 heteroatoms. The highest BCUT2D eigenvalue weighted by Crippen LogP contribution is 2.23. The van der Waals surface area contributed by atoms with Crippen LogP contribution in [0.3, 0.4) is 0 Å². The van der Waals surface area contributed by atoms with Gasteiger partial charge in [-0.15, -0.1) is 12.4 Å². The molecule has 3 N–H and O–H groups in total. The van der Waals surface area contributed by atoms with Crippen molar-refractivity contribution in [3.05, 3.63) is 117 Å². The van der Waals surface area contributed by atoms with Crippen LogP contribution in [0.2, 0.25) is 0 Å². The number of nitrogens with one attached hydrogen (secondary N) is 1. The third-order valence-electron chi connectivity index (χ3n) is 9.14. The van der Waals surface area contributed by atoms with Gasteiger partial charge in [0.2, 0.25) is 20.0 Å². The molecule has 0 bridgehead atoms. The second-order valence-electron chi connectivity index (χ2n) is 15.3. The van der Waals surface area contributed by atoms with Crippen molar-refractivity contribution in [2.24, 2.45) is 5.73 Å². The molecule has 0 fully saturated rings. The number of hydrogen-bond donors (Lipinski definition) is 2. The van der Waals surface area contributed by atoms with Crippen molar-refractivity contribution in [3.8, 4) is 0 Å². The minimum atomic E-state index is -3.48. The van der Waals surface area contributed by atoms with Crippen molar-refractivity contribution in [1.82, 2.24) is 33.5 Å². The van der Waals surface area contributed by atoms with E-state index in [1.807, 2.05) is 27.7 Å². The lowest BCUT2D eigenvalue weighted by molar-refractivity contribution is 0.0533. The molecule has 0 atom stereocenters. The fraction of sp³-hybridized carbons (Fsp3) is 0.439. The summed E-state index contributed by atoms with van der Waals surface area (Å²) in [5.74, 6) is -0.746. The molecule has 0 unspecified atom stereocenters. The maximum absolute atomic E-state index is 14.4. The molecule has 2 aromatic carbocycles. The predicted octanol–water partition coefficient (Wildman–Crippen LogP) is 6.29. The summed E-state index contributed by atoms with van der Waals surface area (Å²) in [7, 11) is -0.930. The van der Waals surface area contributed by atoms with E-state index in [4.69, 9.17) is 10.5 Å². The first-order valence-corrected chi connectivity index (χ1v) is 21.7. The molecule has 0 aliphatic carbocycles. The first kappa shape index (κ1) is 51.7. The Bertz CT molecular complexity index is 2350. The number of rotatable bonds is 15. The normalized spacial score (nSPS) is 12.6. The van der Waals surface area contributed by atoms with E-state index in [2.05, 4.69) is 15.5 Å². The van der Waals surface area contributed by atoms with Crippen LogP contribution in [-0.2, 0) is 50.7 Å². The molecule has 332 valence electrons. The molecule has 0 spiro atoms. The number of hydrogen-bond acceptors (Lipinski definition) is 9. The maximum Gasteiger partial charge on any atom is 0.407 e. The van der Waals surface area contributed by atoms with Crippen molar-refractivity contribution >= 4 is 38.5 Å². The van der Waals surface area contributed by atoms with E-state index in [9.17, 15) is 30.4 Å². The number of aromatic nitrogens is 4. The van der Waals surface area contributed by atoms with E-state index in [0.29, 0.717) is 12.8 Å². The van der Waals surface area contributed by atoms with Gasteiger partial charge >= 0.3 is 6.09 Å². The number of nitrogens with zero attached hydrogens (tertiary/aromatic N) is 6. The van der Waals surface area contributed by atoms with Crippen LogP contribution in [0.4, 0.5) is 13.6 Å². The van der Waals surface area contributed by atoms with Crippen LogP contribution in [0.1, 0.15) is 65.8 Å². The van der Waals surface area contributed by atoms with Gasteiger partial charge in [0.25, 0.3) is 0 Å². The Morgan fingerprint density at radius 3 is 1.43 bits per heavy atom. The highest BCUT2D eigenvalue weighted by Gasteiger charge is 2.20. The third-order valence-corrected chi connectivity index (χ3v) is 12.8. The number of allylic oxidation sites excluding steroid dienone is 2. The van der Waals surface area contributed by atoms with E-state index >= 15 is 0 Å². The molecule has 2 heterocycles. The van der Waals surface area contributed by atoms with Crippen LogP contribution in [0.15, 0.2) is 82.1 Å². The predicted molar refractivity (Wildman–Crippen MR) is 233 cm³/mol. The molecule has 0 aliphatic rings. The number of aryl methyl sites for hydroxylation is 2. The van der Waals surface area contributed by atoms with Crippen LogP contribution in [-0.4, -0.2) is 98.0 Å². The van der Waals surface area contributed by atoms with Gasteiger partial charge in [-0.2, -0.15) is 10.2 Å². The summed E-state index contributed by atoms with van der Waals surface area (Å²) in [6, 6.07) is 13.5. The minimum absolute atomic E-state index is 0. The second-order valence-corrected chi connectivity index (χ2v) is 19.6. The Labute approximate surface area is 360 Å². The van der Waals surface area contributed by atoms with Crippen LogP contribution in [0.5, 0.6) is 0 Å². The van der Waals surface area contributed by atoms with Gasteiger partial charge in [-0.05, 0) is 96.0 Å². The van der Waals surface area contributed by atoms with Crippen LogP contribution in [0, 0.1) is 27.7 Å². The number of nitrogens with two attached hydrogens (primary N) is 1. The largest absolute Gasteiger partial charge is 0.444 e. The molecular formula is C41H59ClF2N8O6S2. The Morgan fingerprint density at radius 1 is 0.733 bits per heavy atom. The molecule has 0 aliphatic heterocycles. The number of sulfonamides is 2. The molecule has 60 heavy (non-hydrogen) atoms. The van der Waals surface area contributed by atoms with Crippen molar-refractivity contribution in [2.45, 2.75) is 89.8 Å². The van der Waals surface area contributed by atoms with Gasteiger partial charge in [0.05, 0.1) is 34.3 Å². The summed E-state index contributed by atoms with van der Waals surface area (Å²) >= 11 is 0. The number of amides is 1. The summed E-state index contributed by atoms with van der Waals surface area (Å²) in [5, 5.41) is 11.3. The summed E-state index contributed by atoms with van der Waals surface area (Å²) in [5.41, 5.74) is 11.9. The van der Waals surface area contributed by atoms with Crippen LogP contribution >= 0.6 is 12.4 Å². The quantitative estimate of drug-likeness (QED) is 0.139. The van der Waals surface area contributed by atoms with Crippen molar-refractivity contribution in [1.29, 1.82) is 0 Å². The van der Waals surface area contributed by atoms with Gasteiger partial charge in [-0.1, -0.05) is 24.3 Å². The number of ether oxygens (including phenoxy) is 1. The Hall–Kier alpha value is -4.46. The molecule has 0 saturated carbocycles. The monoisotopic (exact) mass is 896 g/mol. The van der Waals surface area contributed by atoms with Gasteiger partial charge in [0.1, 0.15) is 17.3 Å². The van der Waals surface area contributed by atoms with E-state index in [-0.39, 0.29) is 54.2 Å². The zero-order chi connectivity index (χ0) is 44.5. The van der Waals surface area contributed by atoms with E-state index in [1.54, 1.807) is 78.7 Å². The number of alkyl carbamates (subject to hydrolysis) is 1. The number of benzene rings is 2. The average Bonchev–Trinajstić information content (AvgIpc) is 3.55. The van der Waals surface area contributed by atoms with Gasteiger partial charge in [0, 0.05) is 76.6 Å². The van der Waals surface area contributed by atoms with E-state index in [0.717, 1.165) is 45.0 Å². The van der Waals surface area contributed by atoms with Crippen LogP contribution < -0.4 is 11.1 Å². The molecule has 1 amide bonds. The Morgan fingerprint density at radius 2 is 1.10 bits per heavy atom. The van der Waals surface area contributed by atoms with Gasteiger partial charge in [0.15, 0.2) is 0 Å². The van der Waals surface area contributed by atoms with E-state index in [1.165, 1.54) is 49.0 Å². The van der Waals surface area contributed by atoms with Gasteiger partial charge in [-0.25, -0.2) is 39.0 Å². The standard InChI is InChI=1S/C23H33FN4O4S.C18H25FN4O2S.ClH/c1-16-21(14-18-8-10-20(11-9-18)33(30,31)27(6)7)17(2)28(26-16)15-19(24)12-13-25-22(29)32-23(3,4)5;1-13-18(14(2)23(21-13)12-16(19)9-10-20)11-15-5-7-17(8-6-15)26(24,25)22(3)4;/h8-12H,13-15H2,1-7H3,(H,25,29);5-9H,10-12,20H2,1-4H3;1H/b19-12-;16-9-;. The molecule has 2 aromatic heterocycles. The first-order chi connectivity index (χ1) is 27.4. The Kier molecular flexibility index (Phi) is 18.8. The van der Waals surface area contributed by atoms with Crippen molar-refractivity contribution in [2.75, 3.05) is 41.3 Å². The van der Waals surface area contributed by atoms with Gasteiger partial charge < -0.3 is 15.8 Å². The second kappa shape index (κ2) is 21.9. The summed E-state index contributed by atoms with van der Waals surface area (Å²) < 4.78 is 87.5. The lowest BCUT2D eigenvalue weighted by Crippen LogP contribution is -2.32. The topological polar surface area (TPSA) is 175 Å². The smallest absolute Gasteiger partial charge is 0.407 e. The number of carbonyl (C=O) groups excluding carboxylic acids is 1. The van der Waals surface area contributed by atoms with Gasteiger partial charge in [-0.3, -0.25) is 9.36 Å². The first-order valence-electron chi connectivity index (χ1n) is 18.8. The lowest BCUT2D eigenvalue weighted by atomic mass is 10.0. The van der Waals surface area contributed by atoms with Crippen LogP contribution in [0.25, 0.3) is 0 Å². The molecule has 0 radical (unpaired) electrons. The third kappa shape index (κ3) is 14.3. The maximum atomic E-state index is 14.4. The zero-order valence-electron chi connectivity index (χ0n) is 36.2. The zero-order valence-corrected chi connectivity index (χ0v) is 38.7. The summed E-state index contributed by atoms with van der Waals surface area (Å²) in [6.45, 7) is 12.9. The highest BCUT2D eigenvalue weighted by atomic mass is 35.5. The average molecular weight is 898 g/mol. The fourth-order valence-electron chi connectivity index (χ4n) is 5.78. The Balaban J connectivity index is 0.000000418. The highest BCUT2D eigenvalue weighted by molar-refractivity contribution is 7.89. The molecule has 4 rings (SSSR count). The minimum Gasteiger partial charge on any atom is -0.444 e. The molecule has 14 nitrogen and oxygen atoms in total. The summed E-state index contributed by atoms with van der Waals surface area (Å²) in [4.78, 5) is 12.1.